The van der Waals surface area contributed by atoms with Crippen LogP contribution in [-0.2, 0) is 0 Å². The maximum Gasteiger partial charge on any atom is 0.0927 e. The van der Waals surface area contributed by atoms with Gasteiger partial charge in [-0.15, -0.1) is 0 Å². The van der Waals surface area contributed by atoms with Crippen molar-refractivity contribution >= 4 is 0 Å². The fourth-order valence-corrected chi connectivity index (χ4v) is 2.76. The molecule has 0 saturated heterocycles. The number of hydrogen-bond donors (Lipinski definition) is 0. The summed E-state index contributed by atoms with van der Waals surface area (Å²) in [5, 5.41) is 4.75. The largest absolute Gasteiger partial charge is 0.240 e. The first-order chi connectivity index (χ1) is 11.4. The van der Waals surface area contributed by atoms with Crippen LogP contribution < -0.4 is 0 Å². The molecule has 0 unspecified atom stereocenters. The third kappa shape index (κ3) is 2.67. The summed E-state index contributed by atoms with van der Waals surface area (Å²) in [5.74, 6) is 0. The molecule has 2 heteroatoms. The molecule has 0 bridgehead atoms. The lowest BCUT2D eigenvalue weighted by Gasteiger charge is -2.09. The summed E-state index contributed by atoms with van der Waals surface area (Å²) in [7, 11) is 0. The standard InChI is InChI=1S/C21H16N2/c1-3-9-17(10-4-1)19-13-7-8-14-21(19)23-16-15-20(22-23)18-11-5-2-6-12-18/h1-16H. The van der Waals surface area contributed by atoms with Gasteiger partial charge in [-0.3, -0.25) is 0 Å². The minimum atomic E-state index is 0.980. The Labute approximate surface area is 135 Å². The highest BCUT2D eigenvalue weighted by Gasteiger charge is 2.08. The van der Waals surface area contributed by atoms with Crippen LogP contribution in [0, 0.1) is 0 Å². The molecule has 1 heterocycles. The molecule has 0 atom stereocenters. The monoisotopic (exact) mass is 296 g/mol. The van der Waals surface area contributed by atoms with Gasteiger partial charge in [0.05, 0.1) is 11.4 Å². The predicted molar refractivity (Wildman–Crippen MR) is 94.4 cm³/mol. The normalized spacial score (nSPS) is 10.6. The molecule has 3 aromatic carbocycles. The van der Waals surface area contributed by atoms with Gasteiger partial charge in [0.1, 0.15) is 0 Å². The molecule has 1 aromatic heterocycles. The third-order valence-corrected chi connectivity index (χ3v) is 3.89. The van der Waals surface area contributed by atoms with Gasteiger partial charge in [-0.2, -0.15) is 5.10 Å². The van der Waals surface area contributed by atoms with Crippen LogP contribution in [0.15, 0.2) is 97.2 Å². The number of para-hydroxylation sites is 1. The molecular formula is C21H16N2. The van der Waals surface area contributed by atoms with Gasteiger partial charge in [0.15, 0.2) is 0 Å². The molecule has 110 valence electrons. The van der Waals surface area contributed by atoms with Crippen LogP contribution in [0.1, 0.15) is 0 Å². The Balaban J connectivity index is 1.79. The molecule has 0 amide bonds. The fourth-order valence-electron chi connectivity index (χ4n) is 2.76. The van der Waals surface area contributed by atoms with E-state index in [0.29, 0.717) is 0 Å². The summed E-state index contributed by atoms with van der Waals surface area (Å²) >= 11 is 0. The molecule has 0 spiro atoms. The lowest BCUT2D eigenvalue weighted by molar-refractivity contribution is 0.886. The maximum absolute atomic E-state index is 4.75. The Bertz CT molecular complexity index is 909. The Morgan fingerprint density at radius 2 is 1.17 bits per heavy atom. The highest BCUT2D eigenvalue weighted by atomic mass is 15.3. The molecule has 4 aromatic rings. The average molecular weight is 296 g/mol. The van der Waals surface area contributed by atoms with Crippen molar-refractivity contribution in [1.82, 2.24) is 9.78 Å². The van der Waals surface area contributed by atoms with Crippen molar-refractivity contribution in [3.05, 3.63) is 97.2 Å². The number of rotatable bonds is 3. The fraction of sp³-hybridized carbons (Fsp3) is 0. The van der Waals surface area contributed by atoms with Gasteiger partial charge in [-0.25, -0.2) is 4.68 Å². The van der Waals surface area contributed by atoms with Gasteiger partial charge in [0.25, 0.3) is 0 Å². The van der Waals surface area contributed by atoms with Gasteiger partial charge < -0.3 is 0 Å². The van der Waals surface area contributed by atoms with E-state index in [1.807, 2.05) is 41.2 Å². The van der Waals surface area contributed by atoms with Crippen molar-refractivity contribution < 1.29 is 0 Å². The van der Waals surface area contributed by atoms with Crippen LogP contribution >= 0.6 is 0 Å². The molecule has 0 radical (unpaired) electrons. The number of hydrogen-bond acceptors (Lipinski definition) is 1. The van der Waals surface area contributed by atoms with Crippen LogP contribution in [0.3, 0.4) is 0 Å². The van der Waals surface area contributed by atoms with E-state index in [1.165, 1.54) is 11.1 Å². The third-order valence-electron chi connectivity index (χ3n) is 3.89. The van der Waals surface area contributed by atoms with E-state index in [1.54, 1.807) is 0 Å². The first-order valence-corrected chi connectivity index (χ1v) is 7.68. The number of aromatic nitrogens is 2. The molecule has 0 N–H and O–H groups in total. The van der Waals surface area contributed by atoms with Crippen molar-refractivity contribution in [1.29, 1.82) is 0 Å². The summed E-state index contributed by atoms with van der Waals surface area (Å²) < 4.78 is 1.95. The molecule has 23 heavy (non-hydrogen) atoms. The van der Waals surface area contributed by atoms with Crippen LogP contribution in [0.25, 0.3) is 28.1 Å². The van der Waals surface area contributed by atoms with Gasteiger partial charge in [-0.1, -0.05) is 78.9 Å². The molecule has 0 fully saturated rings. The quantitative estimate of drug-likeness (QED) is 0.507. The van der Waals surface area contributed by atoms with E-state index < -0.39 is 0 Å². The molecule has 0 aliphatic rings. The van der Waals surface area contributed by atoms with Crippen molar-refractivity contribution in [3.8, 4) is 28.1 Å². The van der Waals surface area contributed by atoms with Crippen molar-refractivity contribution in [3.63, 3.8) is 0 Å². The summed E-state index contributed by atoms with van der Waals surface area (Å²) in [6, 6.07) is 31.0. The summed E-state index contributed by atoms with van der Waals surface area (Å²) in [4.78, 5) is 0. The number of benzene rings is 3. The second-order valence-electron chi connectivity index (χ2n) is 5.39. The summed E-state index contributed by atoms with van der Waals surface area (Å²) in [6.45, 7) is 0. The van der Waals surface area contributed by atoms with E-state index in [-0.39, 0.29) is 0 Å². The Morgan fingerprint density at radius 1 is 0.565 bits per heavy atom. The predicted octanol–water partition coefficient (Wildman–Crippen LogP) is 5.21. The van der Waals surface area contributed by atoms with Crippen LogP contribution in [0.2, 0.25) is 0 Å². The molecule has 0 aliphatic carbocycles. The molecular weight excluding hydrogens is 280 g/mol. The maximum atomic E-state index is 4.75. The highest BCUT2D eigenvalue weighted by molar-refractivity contribution is 5.73. The van der Waals surface area contributed by atoms with E-state index in [4.69, 9.17) is 5.10 Å². The topological polar surface area (TPSA) is 17.8 Å². The Hall–Kier alpha value is -3.13. The van der Waals surface area contributed by atoms with E-state index in [2.05, 4.69) is 60.7 Å². The van der Waals surface area contributed by atoms with Gasteiger partial charge >= 0.3 is 0 Å². The van der Waals surface area contributed by atoms with Crippen molar-refractivity contribution in [2.45, 2.75) is 0 Å². The Kier molecular flexibility index (Phi) is 3.49. The van der Waals surface area contributed by atoms with Crippen LogP contribution in [-0.4, -0.2) is 9.78 Å². The molecule has 0 aliphatic heterocycles. The van der Waals surface area contributed by atoms with E-state index in [0.717, 1.165) is 16.9 Å². The van der Waals surface area contributed by atoms with Crippen molar-refractivity contribution in [2.24, 2.45) is 0 Å². The average Bonchev–Trinajstić information content (AvgIpc) is 3.13. The molecule has 4 rings (SSSR count). The second-order valence-corrected chi connectivity index (χ2v) is 5.39. The Morgan fingerprint density at radius 3 is 1.91 bits per heavy atom. The molecule has 2 nitrogen and oxygen atoms in total. The van der Waals surface area contributed by atoms with Gasteiger partial charge in [-0.05, 0) is 17.7 Å². The lowest BCUT2D eigenvalue weighted by atomic mass is 10.0. The summed E-state index contributed by atoms with van der Waals surface area (Å²) in [6.07, 6.45) is 2.02. The van der Waals surface area contributed by atoms with E-state index >= 15 is 0 Å². The number of nitrogens with zero attached hydrogens (tertiary/aromatic N) is 2. The van der Waals surface area contributed by atoms with Crippen LogP contribution in [0.5, 0.6) is 0 Å². The van der Waals surface area contributed by atoms with Crippen LogP contribution in [0.4, 0.5) is 0 Å². The zero-order valence-corrected chi connectivity index (χ0v) is 12.6. The zero-order chi connectivity index (χ0) is 15.5. The second kappa shape index (κ2) is 5.93. The highest BCUT2D eigenvalue weighted by Crippen LogP contribution is 2.27. The SMILES string of the molecule is c1ccc(-c2ccn(-c3ccccc3-c3ccccc3)n2)cc1. The smallest absolute Gasteiger partial charge is 0.0927 e. The zero-order valence-electron chi connectivity index (χ0n) is 12.6. The molecule has 0 saturated carbocycles. The minimum absolute atomic E-state index is 0.980. The first-order valence-electron chi connectivity index (χ1n) is 7.68. The lowest BCUT2D eigenvalue weighted by Crippen LogP contribution is -1.97. The van der Waals surface area contributed by atoms with Gasteiger partial charge in [0.2, 0.25) is 0 Å². The minimum Gasteiger partial charge on any atom is -0.240 e. The van der Waals surface area contributed by atoms with E-state index in [9.17, 15) is 0 Å². The van der Waals surface area contributed by atoms with Gasteiger partial charge in [0, 0.05) is 17.3 Å². The van der Waals surface area contributed by atoms with Crippen molar-refractivity contribution in [2.75, 3.05) is 0 Å². The summed E-state index contributed by atoms with van der Waals surface area (Å²) in [5.41, 5.74) is 5.56. The first kappa shape index (κ1) is 13.5.